The summed E-state index contributed by atoms with van der Waals surface area (Å²) in [5.74, 6) is -2.45. The number of rotatable bonds is 7. The molecule has 14 nitrogen and oxygen atoms in total. The number of alkyl halides is 9. The number of carbonyl (C=O) groups excluding carboxylic acids is 2. The van der Waals surface area contributed by atoms with Crippen LogP contribution in [0, 0.1) is 6.92 Å². The molecule has 268 valence electrons. The number of methoxy groups -OCH3 is 3. The topological polar surface area (TPSA) is 203 Å². The van der Waals surface area contributed by atoms with Crippen molar-refractivity contribution in [2.45, 2.75) is 23.4 Å². The van der Waals surface area contributed by atoms with Crippen LogP contribution in [-0.4, -0.2) is 80.2 Å². The molecule has 0 fully saturated rings. The molecular weight excluding hydrogens is 743 g/mol. The van der Waals surface area contributed by atoms with Crippen LogP contribution in [-0.2, 0) is 43.5 Å². The maximum Gasteiger partial charge on any atom is 0.534 e. The van der Waals surface area contributed by atoms with E-state index in [1.165, 1.54) is 32.4 Å². The summed E-state index contributed by atoms with van der Waals surface area (Å²) >= 11 is 0. The van der Waals surface area contributed by atoms with Crippen molar-refractivity contribution < 1.29 is 101 Å². The van der Waals surface area contributed by atoms with Crippen LogP contribution >= 0.6 is 0 Å². The minimum Gasteiger partial charge on any atom is -0.507 e. The monoisotopic (exact) mass is 762 g/mol. The summed E-state index contributed by atoms with van der Waals surface area (Å²) in [6.07, 6.45) is 0. The Labute approximate surface area is 258 Å². The highest BCUT2D eigenvalue weighted by Gasteiger charge is 2.57. The summed E-state index contributed by atoms with van der Waals surface area (Å²) in [5.41, 5.74) is -17.5. The van der Waals surface area contributed by atoms with Crippen LogP contribution in [0.5, 0.6) is 17.2 Å². The van der Waals surface area contributed by atoms with Crippen molar-refractivity contribution in [3.8, 4) is 17.2 Å². The van der Waals surface area contributed by atoms with E-state index in [1.807, 2.05) is 10.6 Å². The van der Waals surface area contributed by atoms with Gasteiger partial charge in [-0.2, -0.15) is 64.8 Å². The minimum atomic E-state index is -6.85. The zero-order valence-corrected chi connectivity index (χ0v) is 25.8. The van der Waals surface area contributed by atoms with Crippen LogP contribution < -0.4 is 8.92 Å². The van der Waals surface area contributed by atoms with E-state index < -0.39 is 70.1 Å². The van der Waals surface area contributed by atoms with E-state index in [-0.39, 0.29) is 17.1 Å². The molecule has 0 saturated heterocycles. The Kier molecular flexibility index (Phi) is 14.4. The standard InChI is InChI=1S/C10H9F3O6S.C9H10O3.C2F6O5S2/c1-17-6-3-4-7(9(14)18-2)8(5-6)19-20(15,16)10(11,12)13;1-6-3-4-7(8(10)5-6)9(11)12-2;3-1(4,5)14(9,10)13-15(11,12)2(6,7)8/h3-5H,1-2H3;3-5,10H,1-2H3;. The first-order valence-electron chi connectivity index (χ1n) is 11.0. The summed E-state index contributed by atoms with van der Waals surface area (Å²) in [6.45, 7) is 1.83. The molecule has 0 aliphatic heterocycles. The number of benzene rings is 2. The van der Waals surface area contributed by atoms with E-state index in [2.05, 4.69) is 13.7 Å². The van der Waals surface area contributed by atoms with Gasteiger partial charge in [-0.05, 0) is 36.8 Å². The average molecular weight is 763 g/mol. The van der Waals surface area contributed by atoms with Crippen LogP contribution in [0.3, 0.4) is 0 Å². The lowest BCUT2D eigenvalue weighted by Crippen LogP contribution is -2.34. The van der Waals surface area contributed by atoms with Crippen molar-refractivity contribution in [1.29, 1.82) is 0 Å². The van der Waals surface area contributed by atoms with Crippen molar-refractivity contribution >= 4 is 42.3 Å². The maximum atomic E-state index is 12.3. The fourth-order valence-corrected chi connectivity index (χ4v) is 4.29. The molecule has 47 heavy (non-hydrogen) atoms. The van der Waals surface area contributed by atoms with Crippen molar-refractivity contribution in [3.63, 3.8) is 0 Å². The van der Waals surface area contributed by atoms with Crippen molar-refractivity contribution in [1.82, 2.24) is 0 Å². The molecule has 1 N–H and O–H groups in total. The highest BCUT2D eigenvalue weighted by molar-refractivity contribution is 8.00. The third-order valence-corrected chi connectivity index (χ3v) is 7.91. The van der Waals surface area contributed by atoms with E-state index in [0.717, 1.165) is 24.8 Å². The predicted octanol–water partition coefficient (Wildman–Crippen LogP) is 3.90. The molecule has 2 aromatic rings. The second kappa shape index (κ2) is 15.7. The van der Waals surface area contributed by atoms with Gasteiger partial charge in [0.05, 0.1) is 21.3 Å². The van der Waals surface area contributed by atoms with Crippen molar-refractivity contribution in [3.05, 3.63) is 53.1 Å². The van der Waals surface area contributed by atoms with E-state index in [0.29, 0.717) is 0 Å². The van der Waals surface area contributed by atoms with Crippen LogP contribution in [0.2, 0.25) is 0 Å². The SMILES string of the molecule is COC(=O)c1ccc(C)cc1O.COC(=O)c1ccc(OC)cc1OS(=O)(=O)C(F)(F)F.O=S(=O)(OS(=O)(=O)C(F)(F)F)C(F)(F)F. The van der Waals surface area contributed by atoms with E-state index >= 15 is 0 Å². The summed E-state index contributed by atoms with van der Waals surface area (Å²) in [6, 6.07) is 7.88. The van der Waals surface area contributed by atoms with Gasteiger partial charge >= 0.3 is 58.8 Å². The molecule has 0 saturated carbocycles. The molecule has 0 aliphatic rings. The van der Waals surface area contributed by atoms with Gasteiger partial charge in [0.25, 0.3) is 0 Å². The number of phenolic OH excluding ortho intramolecular Hbond substituents is 1. The molecular formula is C21H19F9O14S3. The van der Waals surface area contributed by atoms with Gasteiger partial charge in [0.15, 0.2) is 5.75 Å². The Morgan fingerprint density at radius 2 is 1.04 bits per heavy atom. The van der Waals surface area contributed by atoms with Gasteiger partial charge < -0.3 is 23.5 Å². The molecule has 2 aromatic carbocycles. The third kappa shape index (κ3) is 12.2. The first-order chi connectivity index (χ1) is 21.0. The zero-order chi connectivity index (χ0) is 37.4. The van der Waals surface area contributed by atoms with Crippen molar-refractivity contribution in [2.75, 3.05) is 21.3 Å². The average Bonchev–Trinajstić information content (AvgIpc) is 2.90. The summed E-state index contributed by atoms with van der Waals surface area (Å²) in [5, 5.41) is 9.29. The summed E-state index contributed by atoms with van der Waals surface area (Å²) in [4.78, 5) is 22.3. The highest BCUT2D eigenvalue weighted by Crippen LogP contribution is 2.33. The molecule has 0 heterocycles. The number of phenols is 1. The third-order valence-electron chi connectivity index (χ3n) is 4.38. The Bertz CT molecular complexity index is 1710. The Hall–Kier alpha value is -4.04. The normalized spacial score (nSPS) is 12.4. The molecule has 0 aromatic heterocycles. The predicted molar refractivity (Wildman–Crippen MR) is 135 cm³/mol. The van der Waals surface area contributed by atoms with Crippen LogP contribution in [0.15, 0.2) is 36.4 Å². The first kappa shape index (κ1) is 43.0. The molecule has 26 heteroatoms. The number of halogens is 9. The fraction of sp³-hybridized carbons (Fsp3) is 0.333. The molecule has 0 spiro atoms. The molecule has 0 bridgehead atoms. The molecule has 0 aliphatic carbocycles. The van der Waals surface area contributed by atoms with E-state index in [4.69, 9.17) is 4.74 Å². The largest absolute Gasteiger partial charge is 0.534 e. The smallest absolute Gasteiger partial charge is 0.507 e. The van der Waals surface area contributed by atoms with Gasteiger partial charge in [0, 0.05) is 6.07 Å². The van der Waals surface area contributed by atoms with Gasteiger partial charge in [-0.25, -0.2) is 9.59 Å². The zero-order valence-electron chi connectivity index (χ0n) is 23.3. The molecule has 0 radical (unpaired) electrons. The molecule has 2 rings (SSSR count). The Morgan fingerprint density at radius 3 is 1.40 bits per heavy atom. The first-order valence-corrected chi connectivity index (χ1v) is 15.2. The summed E-state index contributed by atoms with van der Waals surface area (Å²) < 4.78 is 186. The van der Waals surface area contributed by atoms with Gasteiger partial charge in [-0.3, -0.25) is 0 Å². The second-order valence-corrected chi connectivity index (χ2v) is 12.5. The number of hydrogen-bond acceptors (Lipinski definition) is 14. The Morgan fingerprint density at radius 1 is 0.638 bits per heavy atom. The van der Waals surface area contributed by atoms with Crippen LogP contribution in [0.4, 0.5) is 39.5 Å². The van der Waals surface area contributed by atoms with Gasteiger partial charge in [-0.1, -0.05) is 6.07 Å². The molecule has 0 unspecified atom stereocenters. The Balaban J connectivity index is 0.000000700. The van der Waals surface area contributed by atoms with E-state index in [1.54, 1.807) is 6.07 Å². The maximum absolute atomic E-state index is 12.3. The quantitative estimate of drug-likeness (QED) is 0.184. The van der Waals surface area contributed by atoms with Crippen LogP contribution in [0.1, 0.15) is 26.3 Å². The number of esters is 2. The fourth-order valence-electron chi connectivity index (χ4n) is 2.26. The van der Waals surface area contributed by atoms with Gasteiger partial charge in [0.1, 0.15) is 22.6 Å². The second-order valence-electron chi connectivity index (χ2n) is 7.72. The molecule has 0 atom stereocenters. The minimum absolute atomic E-state index is 0.00466. The molecule has 0 amide bonds. The summed E-state index contributed by atoms with van der Waals surface area (Å²) in [7, 11) is -16.1. The highest BCUT2D eigenvalue weighted by atomic mass is 32.3. The lowest BCUT2D eigenvalue weighted by molar-refractivity contribution is -0.0586. The van der Waals surface area contributed by atoms with Gasteiger partial charge in [0.2, 0.25) is 0 Å². The van der Waals surface area contributed by atoms with E-state index in [9.17, 15) is 79.5 Å². The van der Waals surface area contributed by atoms with Crippen LogP contribution in [0.25, 0.3) is 0 Å². The number of aromatic hydroxyl groups is 1. The number of ether oxygens (including phenoxy) is 3. The number of hydrogen-bond donors (Lipinski definition) is 1. The van der Waals surface area contributed by atoms with Crippen molar-refractivity contribution in [2.24, 2.45) is 0 Å². The lowest BCUT2D eigenvalue weighted by atomic mass is 10.1. The number of aryl methyl sites for hydroxylation is 1. The lowest BCUT2D eigenvalue weighted by Gasteiger charge is -2.13. The number of carbonyl (C=O) groups is 2. The van der Waals surface area contributed by atoms with Gasteiger partial charge in [-0.15, -0.1) is 3.63 Å².